The maximum Gasteiger partial charge on any atom is 0.323 e. The molecule has 1 saturated heterocycles. The molecule has 0 aliphatic carbocycles. The summed E-state index contributed by atoms with van der Waals surface area (Å²) in [7, 11) is 0. The van der Waals surface area contributed by atoms with Crippen LogP contribution in [0.4, 0.5) is 4.79 Å². The molecule has 1 fully saturated rings. The Morgan fingerprint density at radius 1 is 1.50 bits per heavy atom. The highest BCUT2D eigenvalue weighted by atomic mass is 16.2. The van der Waals surface area contributed by atoms with Gasteiger partial charge >= 0.3 is 6.03 Å². The molecule has 1 heterocycles. The van der Waals surface area contributed by atoms with Crippen LogP contribution in [-0.2, 0) is 4.79 Å². The number of rotatable bonds is 0. The molecule has 1 rings (SSSR count). The second-order valence-electron chi connectivity index (χ2n) is 1.44. The number of carbonyl (C=O) groups excluding carboxylic acids is 2. The van der Waals surface area contributed by atoms with Crippen molar-refractivity contribution in [2.45, 2.75) is 6.17 Å². The maximum atomic E-state index is 10.3. The molecule has 0 bridgehead atoms. The standard InChI is InChI=1S/C3H5N3O2/c4-1-2(7)6-3(8)5-1/h1H,4H2,(H2,5,6,7,8). The maximum absolute atomic E-state index is 10.3. The van der Waals surface area contributed by atoms with Crippen LogP contribution in [0.1, 0.15) is 0 Å². The Morgan fingerprint density at radius 3 is 2.25 bits per heavy atom. The third-order valence-corrected chi connectivity index (χ3v) is 0.806. The summed E-state index contributed by atoms with van der Waals surface area (Å²) < 4.78 is 0. The third-order valence-electron chi connectivity index (χ3n) is 0.806. The molecule has 8 heavy (non-hydrogen) atoms. The van der Waals surface area contributed by atoms with E-state index in [0.29, 0.717) is 0 Å². The van der Waals surface area contributed by atoms with Gasteiger partial charge in [-0.2, -0.15) is 0 Å². The fraction of sp³-hybridized carbons (Fsp3) is 0.333. The number of amides is 3. The zero-order chi connectivity index (χ0) is 6.15. The van der Waals surface area contributed by atoms with E-state index in [1.807, 2.05) is 5.32 Å². The van der Waals surface area contributed by atoms with Crippen LogP contribution in [0.25, 0.3) is 0 Å². The van der Waals surface area contributed by atoms with E-state index in [2.05, 4.69) is 5.32 Å². The van der Waals surface area contributed by atoms with Gasteiger partial charge in [0, 0.05) is 0 Å². The van der Waals surface area contributed by atoms with Gasteiger partial charge in [-0.1, -0.05) is 0 Å². The third kappa shape index (κ3) is 0.627. The van der Waals surface area contributed by atoms with E-state index in [1.165, 1.54) is 0 Å². The lowest BCUT2D eigenvalue weighted by molar-refractivity contribution is -0.120. The molecule has 1 atom stereocenters. The van der Waals surface area contributed by atoms with E-state index in [0.717, 1.165) is 0 Å². The number of imide groups is 1. The molecule has 1 aliphatic heterocycles. The lowest BCUT2D eigenvalue weighted by Crippen LogP contribution is -2.37. The van der Waals surface area contributed by atoms with Gasteiger partial charge in [-0.3, -0.25) is 10.1 Å². The van der Waals surface area contributed by atoms with Crippen LogP contribution < -0.4 is 16.4 Å². The van der Waals surface area contributed by atoms with E-state index in [9.17, 15) is 9.59 Å². The van der Waals surface area contributed by atoms with Crippen LogP contribution in [0.2, 0.25) is 0 Å². The van der Waals surface area contributed by atoms with Gasteiger partial charge in [0.25, 0.3) is 5.91 Å². The number of nitrogens with one attached hydrogen (secondary N) is 2. The van der Waals surface area contributed by atoms with Gasteiger partial charge in [0.1, 0.15) is 0 Å². The molecule has 44 valence electrons. The van der Waals surface area contributed by atoms with Gasteiger partial charge in [0.05, 0.1) is 0 Å². The molecule has 1 aliphatic rings. The summed E-state index contributed by atoms with van der Waals surface area (Å²) in [5.41, 5.74) is 5.02. The molecule has 5 nitrogen and oxygen atoms in total. The SMILES string of the molecule is NC1NC(=O)NC1=O. The minimum absolute atomic E-state index is 0.477. The van der Waals surface area contributed by atoms with Crippen molar-refractivity contribution in [3.8, 4) is 0 Å². The van der Waals surface area contributed by atoms with Crippen molar-refractivity contribution >= 4 is 11.9 Å². The average molecular weight is 115 g/mol. The Kier molecular flexibility index (Phi) is 0.911. The van der Waals surface area contributed by atoms with Gasteiger partial charge in [0.2, 0.25) is 0 Å². The number of nitrogens with two attached hydrogens (primary N) is 1. The number of urea groups is 1. The first kappa shape index (κ1) is 5.04. The van der Waals surface area contributed by atoms with Crippen molar-refractivity contribution < 1.29 is 9.59 Å². The fourth-order valence-electron chi connectivity index (χ4n) is 0.433. The Hall–Kier alpha value is -1.10. The highest BCUT2D eigenvalue weighted by molar-refractivity contribution is 6.03. The van der Waals surface area contributed by atoms with Crippen molar-refractivity contribution in [2.24, 2.45) is 5.73 Å². The second-order valence-corrected chi connectivity index (χ2v) is 1.44. The first-order chi connectivity index (χ1) is 3.70. The van der Waals surface area contributed by atoms with Gasteiger partial charge in [-0.25, -0.2) is 4.79 Å². The summed E-state index contributed by atoms with van der Waals surface area (Å²) in [6.45, 7) is 0. The van der Waals surface area contributed by atoms with E-state index in [1.54, 1.807) is 0 Å². The molecule has 0 aromatic heterocycles. The highest BCUT2D eigenvalue weighted by Crippen LogP contribution is 1.81. The van der Waals surface area contributed by atoms with E-state index in [-0.39, 0.29) is 0 Å². The van der Waals surface area contributed by atoms with Gasteiger partial charge in [-0.05, 0) is 0 Å². The number of carbonyl (C=O) groups is 2. The minimum Gasteiger partial charge on any atom is -0.314 e. The summed E-state index contributed by atoms with van der Waals surface area (Å²) in [5, 5.41) is 4.10. The van der Waals surface area contributed by atoms with E-state index >= 15 is 0 Å². The molecule has 0 radical (unpaired) electrons. The van der Waals surface area contributed by atoms with Crippen LogP contribution in [0.15, 0.2) is 0 Å². The topological polar surface area (TPSA) is 84.2 Å². The number of hydrogen-bond donors (Lipinski definition) is 3. The summed E-state index contributed by atoms with van der Waals surface area (Å²) in [4.78, 5) is 20.4. The van der Waals surface area contributed by atoms with Crippen LogP contribution in [0.5, 0.6) is 0 Å². The normalized spacial score (nSPS) is 27.4. The summed E-state index contributed by atoms with van der Waals surface area (Å²) in [5.74, 6) is -0.477. The molecule has 0 saturated carbocycles. The zero-order valence-electron chi connectivity index (χ0n) is 3.97. The van der Waals surface area contributed by atoms with Crippen molar-refractivity contribution in [3.63, 3.8) is 0 Å². The predicted molar refractivity (Wildman–Crippen MR) is 24.6 cm³/mol. The largest absolute Gasteiger partial charge is 0.323 e. The van der Waals surface area contributed by atoms with Gasteiger partial charge in [0.15, 0.2) is 6.17 Å². The molecule has 4 N–H and O–H groups in total. The van der Waals surface area contributed by atoms with Crippen molar-refractivity contribution in [3.05, 3.63) is 0 Å². The molecular weight excluding hydrogens is 110 g/mol. The Balaban J connectivity index is 2.64. The molecule has 0 aromatic rings. The van der Waals surface area contributed by atoms with Gasteiger partial charge in [-0.15, -0.1) is 0 Å². The summed E-state index contributed by atoms with van der Waals surface area (Å²) >= 11 is 0. The molecule has 0 spiro atoms. The van der Waals surface area contributed by atoms with Crippen LogP contribution in [0, 0.1) is 0 Å². The van der Waals surface area contributed by atoms with Crippen LogP contribution in [0.3, 0.4) is 0 Å². The van der Waals surface area contributed by atoms with E-state index < -0.39 is 18.1 Å². The number of hydrogen-bond acceptors (Lipinski definition) is 3. The van der Waals surface area contributed by atoms with Crippen molar-refractivity contribution in [1.29, 1.82) is 0 Å². The highest BCUT2D eigenvalue weighted by Gasteiger charge is 2.24. The molecular formula is C3H5N3O2. The lowest BCUT2D eigenvalue weighted by atomic mass is 10.5. The lowest BCUT2D eigenvalue weighted by Gasteiger charge is -1.92. The molecule has 0 aromatic carbocycles. The minimum atomic E-state index is -0.859. The van der Waals surface area contributed by atoms with Gasteiger partial charge < -0.3 is 11.1 Å². The van der Waals surface area contributed by atoms with E-state index in [4.69, 9.17) is 5.73 Å². The summed E-state index contributed by atoms with van der Waals surface area (Å²) in [6, 6.07) is -0.525. The first-order valence-electron chi connectivity index (χ1n) is 2.07. The Labute approximate surface area is 45.2 Å². The summed E-state index contributed by atoms with van der Waals surface area (Å²) in [6.07, 6.45) is -0.859. The smallest absolute Gasteiger partial charge is 0.314 e. The quantitative estimate of drug-likeness (QED) is 0.323. The van der Waals surface area contributed by atoms with Crippen LogP contribution in [-0.4, -0.2) is 18.1 Å². The predicted octanol–water partition coefficient (Wildman–Crippen LogP) is -1.89. The Bertz CT molecular complexity index is 143. The van der Waals surface area contributed by atoms with Crippen molar-refractivity contribution in [1.82, 2.24) is 10.6 Å². The van der Waals surface area contributed by atoms with Crippen LogP contribution >= 0.6 is 0 Å². The first-order valence-corrected chi connectivity index (χ1v) is 2.07. The second kappa shape index (κ2) is 1.45. The molecule has 5 heteroatoms. The molecule has 3 amide bonds. The monoisotopic (exact) mass is 115 g/mol. The fourth-order valence-corrected chi connectivity index (χ4v) is 0.433. The zero-order valence-corrected chi connectivity index (χ0v) is 3.97. The Morgan fingerprint density at radius 2 is 2.12 bits per heavy atom. The van der Waals surface area contributed by atoms with Crippen molar-refractivity contribution in [2.75, 3.05) is 0 Å². The molecule has 1 unspecified atom stereocenters. The average Bonchev–Trinajstić information content (AvgIpc) is 1.85.